The third-order valence-corrected chi connectivity index (χ3v) is 3.10. The van der Waals surface area contributed by atoms with Crippen molar-refractivity contribution < 1.29 is 14.6 Å². The molecule has 16 heavy (non-hydrogen) atoms. The van der Waals surface area contributed by atoms with Gasteiger partial charge in [-0.15, -0.1) is 0 Å². The first kappa shape index (κ1) is 11.3. The number of benzene rings is 1. The van der Waals surface area contributed by atoms with Crippen molar-refractivity contribution in [2.24, 2.45) is 0 Å². The number of ether oxygens (including phenoxy) is 1. The molecule has 0 radical (unpaired) electrons. The van der Waals surface area contributed by atoms with Crippen molar-refractivity contribution in [3.63, 3.8) is 0 Å². The van der Waals surface area contributed by atoms with E-state index in [4.69, 9.17) is 21.4 Å². The zero-order chi connectivity index (χ0) is 11.5. The first-order chi connectivity index (χ1) is 7.66. The average molecular weight is 241 g/mol. The molecule has 0 unspecified atom stereocenters. The summed E-state index contributed by atoms with van der Waals surface area (Å²) in [6, 6.07) is 4.77. The van der Waals surface area contributed by atoms with Gasteiger partial charge in [0.25, 0.3) is 0 Å². The van der Waals surface area contributed by atoms with Crippen LogP contribution in [0.3, 0.4) is 0 Å². The summed E-state index contributed by atoms with van der Waals surface area (Å²) >= 11 is 5.77. The van der Waals surface area contributed by atoms with Crippen molar-refractivity contribution in [2.45, 2.75) is 31.8 Å². The second-order valence-corrected chi connectivity index (χ2v) is 4.38. The van der Waals surface area contributed by atoms with Crippen LogP contribution in [0.4, 0.5) is 0 Å². The molecule has 3 nitrogen and oxygen atoms in total. The number of hydrogen-bond acceptors (Lipinski definition) is 2. The second kappa shape index (κ2) is 4.74. The molecule has 1 N–H and O–H groups in total. The van der Waals surface area contributed by atoms with E-state index in [1.165, 1.54) is 18.9 Å². The van der Waals surface area contributed by atoms with Crippen molar-refractivity contribution in [3.05, 3.63) is 28.8 Å². The van der Waals surface area contributed by atoms with Crippen LogP contribution >= 0.6 is 11.6 Å². The summed E-state index contributed by atoms with van der Waals surface area (Å²) in [5.41, 5.74) is 0.0946. The van der Waals surface area contributed by atoms with Crippen LogP contribution in [-0.4, -0.2) is 17.2 Å². The van der Waals surface area contributed by atoms with Crippen molar-refractivity contribution >= 4 is 17.6 Å². The Balaban J connectivity index is 2.15. The lowest BCUT2D eigenvalue weighted by molar-refractivity contribution is 0.0696. The maximum Gasteiger partial charge on any atom is 0.337 e. The molecule has 4 heteroatoms. The molecule has 1 aromatic carbocycles. The molecule has 0 spiro atoms. The number of carboxylic acids is 1. The molecule has 0 heterocycles. The smallest absolute Gasteiger partial charge is 0.337 e. The fraction of sp³-hybridized carbons (Fsp3) is 0.417. The molecule has 1 aliphatic carbocycles. The summed E-state index contributed by atoms with van der Waals surface area (Å²) in [6.45, 7) is 0. The quantitative estimate of drug-likeness (QED) is 0.881. The summed E-state index contributed by atoms with van der Waals surface area (Å²) in [5.74, 6) is -0.435. The van der Waals surface area contributed by atoms with Gasteiger partial charge in [0.2, 0.25) is 0 Å². The Bertz CT molecular complexity index is 397. The van der Waals surface area contributed by atoms with Crippen LogP contribution < -0.4 is 4.74 Å². The Hall–Kier alpha value is -1.22. The Morgan fingerprint density at radius 2 is 2.06 bits per heavy atom. The van der Waals surface area contributed by atoms with Gasteiger partial charge >= 0.3 is 5.97 Å². The van der Waals surface area contributed by atoms with E-state index in [0.29, 0.717) is 5.75 Å². The van der Waals surface area contributed by atoms with Gasteiger partial charge in [-0.2, -0.15) is 0 Å². The van der Waals surface area contributed by atoms with Crippen LogP contribution in [0, 0.1) is 0 Å². The van der Waals surface area contributed by atoms with Gasteiger partial charge in [-0.1, -0.05) is 11.6 Å². The standard InChI is InChI=1S/C12H13ClO3/c13-11-6-5-9(7-10(11)12(14)15)16-8-3-1-2-4-8/h5-8H,1-4H2,(H,14,15). The number of hydrogen-bond donors (Lipinski definition) is 1. The molecule has 0 aromatic heterocycles. The van der Waals surface area contributed by atoms with E-state index in [9.17, 15) is 4.79 Å². The van der Waals surface area contributed by atoms with E-state index >= 15 is 0 Å². The third-order valence-electron chi connectivity index (χ3n) is 2.77. The van der Waals surface area contributed by atoms with E-state index in [1.807, 2.05) is 0 Å². The Labute approximate surface area is 99.0 Å². The highest BCUT2D eigenvalue weighted by Crippen LogP contribution is 2.27. The number of carboxylic acid groups (broad SMARTS) is 1. The molecule has 1 saturated carbocycles. The molecule has 2 rings (SSSR count). The van der Waals surface area contributed by atoms with Crippen molar-refractivity contribution in [1.82, 2.24) is 0 Å². The van der Waals surface area contributed by atoms with Gasteiger partial charge in [0.1, 0.15) is 5.75 Å². The van der Waals surface area contributed by atoms with E-state index in [1.54, 1.807) is 12.1 Å². The maximum absolute atomic E-state index is 10.9. The highest BCUT2D eigenvalue weighted by Gasteiger charge is 2.17. The average Bonchev–Trinajstić information content (AvgIpc) is 2.73. The summed E-state index contributed by atoms with van der Waals surface area (Å²) in [7, 11) is 0. The first-order valence-corrected chi connectivity index (χ1v) is 5.74. The molecule has 86 valence electrons. The Kier molecular flexibility index (Phi) is 3.34. The summed E-state index contributed by atoms with van der Waals surface area (Å²) < 4.78 is 5.70. The molecule has 0 amide bonds. The molecular weight excluding hydrogens is 228 g/mol. The molecule has 1 fully saturated rings. The van der Waals surface area contributed by atoms with Crippen LogP contribution in [0.5, 0.6) is 5.75 Å². The monoisotopic (exact) mass is 240 g/mol. The highest BCUT2D eigenvalue weighted by atomic mass is 35.5. The predicted molar refractivity (Wildman–Crippen MR) is 61.3 cm³/mol. The maximum atomic E-state index is 10.9. The lowest BCUT2D eigenvalue weighted by Crippen LogP contribution is -2.11. The van der Waals surface area contributed by atoms with Gasteiger partial charge < -0.3 is 9.84 Å². The van der Waals surface area contributed by atoms with Crippen LogP contribution in [0.1, 0.15) is 36.0 Å². The van der Waals surface area contributed by atoms with Crippen LogP contribution in [0.25, 0.3) is 0 Å². The van der Waals surface area contributed by atoms with E-state index in [2.05, 4.69) is 0 Å². The Morgan fingerprint density at radius 3 is 2.69 bits per heavy atom. The largest absolute Gasteiger partial charge is 0.490 e. The SMILES string of the molecule is O=C(O)c1cc(OC2CCCC2)ccc1Cl. The summed E-state index contributed by atoms with van der Waals surface area (Å²) in [4.78, 5) is 10.9. The van der Waals surface area contributed by atoms with Crippen LogP contribution in [-0.2, 0) is 0 Å². The molecule has 1 aromatic rings. The number of carbonyl (C=O) groups is 1. The first-order valence-electron chi connectivity index (χ1n) is 5.36. The van der Waals surface area contributed by atoms with E-state index in [0.717, 1.165) is 12.8 Å². The summed E-state index contributed by atoms with van der Waals surface area (Å²) in [5, 5.41) is 9.15. The van der Waals surface area contributed by atoms with Crippen molar-refractivity contribution in [1.29, 1.82) is 0 Å². The molecule has 0 aliphatic heterocycles. The predicted octanol–water partition coefficient (Wildman–Crippen LogP) is 3.36. The minimum absolute atomic E-state index is 0.0946. The number of rotatable bonds is 3. The zero-order valence-corrected chi connectivity index (χ0v) is 9.54. The minimum Gasteiger partial charge on any atom is -0.490 e. The minimum atomic E-state index is -1.03. The lowest BCUT2D eigenvalue weighted by atomic mass is 10.2. The Morgan fingerprint density at radius 1 is 1.38 bits per heavy atom. The van der Waals surface area contributed by atoms with Crippen molar-refractivity contribution in [3.8, 4) is 5.75 Å². The fourth-order valence-corrected chi connectivity index (χ4v) is 2.14. The fourth-order valence-electron chi connectivity index (χ4n) is 1.94. The van der Waals surface area contributed by atoms with Gasteiger partial charge in [-0.05, 0) is 43.9 Å². The van der Waals surface area contributed by atoms with Gasteiger partial charge in [0.05, 0.1) is 16.7 Å². The van der Waals surface area contributed by atoms with Crippen molar-refractivity contribution in [2.75, 3.05) is 0 Å². The molecule has 1 aliphatic rings. The lowest BCUT2D eigenvalue weighted by Gasteiger charge is -2.13. The van der Waals surface area contributed by atoms with E-state index < -0.39 is 5.97 Å². The molecular formula is C12H13ClO3. The molecule has 0 atom stereocenters. The van der Waals surface area contributed by atoms with Gasteiger partial charge in [0.15, 0.2) is 0 Å². The third kappa shape index (κ3) is 2.47. The zero-order valence-electron chi connectivity index (χ0n) is 8.78. The van der Waals surface area contributed by atoms with Gasteiger partial charge in [-0.3, -0.25) is 0 Å². The second-order valence-electron chi connectivity index (χ2n) is 3.97. The topological polar surface area (TPSA) is 46.5 Å². The number of aromatic carboxylic acids is 1. The van der Waals surface area contributed by atoms with Crippen LogP contribution in [0.15, 0.2) is 18.2 Å². The number of halogens is 1. The highest BCUT2D eigenvalue weighted by molar-refractivity contribution is 6.33. The molecule has 0 saturated heterocycles. The van der Waals surface area contributed by atoms with E-state index in [-0.39, 0.29) is 16.7 Å². The summed E-state index contributed by atoms with van der Waals surface area (Å²) in [6.07, 6.45) is 4.69. The van der Waals surface area contributed by atoms with Gasteiger partial charge in [-0.25, -0.2) is 4.79 Å². The normalized spacial score (nSPS) is 16.3. The molecule has 0 bridgehead atoms. The van der Waals surface area contributed by atoms with Crippen LogP contribution in [0.2, 0.25) is 5.02 Å². The van der Waals surface area contributed by atoms with Gasteiger partial charge in [0, 0.05) is 0 Å².